The Morgan fingerprint density at radius 3 is 2.57 bits per heavy atom. The number of anilines is 1. The fraction of sp³-hybridized carbons (Fsp3) is 0.500. The van der Waals surface area contributed by atoms with Crippen LogP contribution in [0, 0.1) is 10.1 Å². The van der Waals surface area contributed by atoms with Crippen LogP contribution in [0.25, 0.3) is 0 Å². The van der Waals surface area contributed by atoms with Crippen LogP contribution in [0.4, 0.5) is 11.4 Å². The largest absolute Gasteiger partial charge is 0.482 e. The first-order valence-corrected chi connectivity index (χ1v) is 9.10. The predicted octanol–water partition coefficient (Wildman–Crippen LogP) is 1.27. The molecule has 2 aliphatic rings. The van der Waals surface area contributed by atoms with Gasteiger partial charge >= 0.3 is 5.97 Å². The second-order valence-corrected chi connectivity index (χ2v) is 6.63. The molecule has 150 valence electrons. The van der Waals surface area contributed by atoms with Gasteiger partial charge in [-0.15, -0.1) is 0 Å². The minimum atomic E-state index is -0.768. The number of nitro groups is 1. The zero-order chi connectivity index (χ0) is 20.1. The minimum Gasteiger partial charge on any atom is -0.482 e. The lowest BCUT2D eigenvalue weighted by molar-refractivity contribution is -0.384. The van der Waals surface area contributed by atoms with Crippen molar-refractivity contribution in [2.45, 2.75) is 25.7 Å². The van der Waals surface area contributed by atoms with Gasteiger partial charge in [-0.2, -0.15) is 0 Å². The maximum Gasteiger partial charge on any atom is 0.326 e. The number of esters is 1. The number of non-ortho nitro benzene ring substituents is 1. The SMILES string of the molecule is O=C(CN1C(=O)COc2ccc([N+](=O)[O-])cc21)OCC(=O)N1CCCCCC1. The van der Waals surface area contributed by atoms with Crippen LogP contribution in [-0.4, -0.2) is 60.5 Å². The van der Waals surface area contributed by atoms with Crippen molar-refractivity contribution in [1.29, 1.82) is 0 Å². The smallest absolute Gasteiger partial charge is 0.326 e. The predicted molar refractivity (Wildman–Crippen MR) is 97.0 cm³/mol. The summed E-state index contributed by atoms with van der Waals surface area (Å²) in [5, 5.41) is 11.0. The molecule has 1 saturated heterocycles. The molecule has 0 aromatic heterocycles. The fourth-order valence-electron chi connectivity index (χ4n) is 3.21. The second kappa shape index (κ2) is 8.68. The zero-order valence-corrected chi connectivity index (χ0v) is 15.3. The van der Waals surface area contributed by atoms with E-state index in [-0.39, 0.29) is 36.2 Å². The Hall–Kier alpha value is -3.17. The van der Waals surface area contributed by atoms with E-state index >= 15 is 0 Å². The molecule has 0 N–H and O–H groups in total. The lowest BCUT2D eigenvalue weighted by Crippen LogP contribution is -2.43. The number of rotatable bonds is 5. The van der Waals surface area contributed by atoms with Crippen molar-refractivity contribution in [1.82, 2.24) is 4.90 Å². The maximum atomic E-state index is 12.2. The van der Waals surface area contributed by atoms with Crippen molar-refractivity contribution < 1.29 is 28.8 Å². The molecular weight excluding hydrogens is 370 g/mol. The topological polar surface area (TPSA) is 119 Å². The third-order valence-electron chi connectivity index (χ3n) is 4.70. The number of amides is 2. The molecule has 0 saturated carbocycles. The molecule has 2 amide bonds. The van der Waals surface area contributed by atoms with Gasteiger partial charge in [-0.25, -0.2) is 0 Å². The maximum absolute atomic E-state index is 12.2. The van der Waals surface area contributed by atoms with E-state index in [1.807, 2.05) is 0 Å². The number of benzene rings is 1. The number of fused-ring (bicyclic) bond motifs is 1. The molecular formula is C18H21N3O7. The highest BCUT2D eigenvalue weighted by Crippen LogP contribution is 2.35. The molecule has 10 heteroatoms. The van der Waals surface area contributed by atoms with Gasteiger partial charge in [0.2, 0.25) is 0 Å². The van der Waals surface area contributed by atoms with Crippen LogP contribution in [0.1, 0.15) is 25.7 Å². The molecule has 1 fully saturated rings. The van der Waals surface area contributed by atoms with Crippen molar-refractivity contribution in [3.05, 3.63) is 28.3 Å². The van der Waals surface area contributed by atoms with Gasteiger partial charge in [0.25, 0.3) is 17.5 Å². The number of carbonyl (C=O) groups is 3. The molecule has 1 aromatic carbocycles. The number of nitrogens with zero attached hydrogens (tertiary/aromatic N) is 3. The van der Waals surface area contributed by atoms with Crippen molar-refractivity contribution in [3.8, 4) is 5.75 Å². The van der Waals surface area contributed by atoms with Crippen LogP contribution in [0.15, 0.2) is 18.2 Å². The highest BCUT2D eigenvalue weighted by atomic mass is 16.6. The van der Waals surface area contributed by atoms with Gasteiger partial charge in [0.1, 0.15) is 12.3 Å². The van der Waals surface area contributed by atoms with Gasteiger partial charge in [-0.1, -0.05) is 12.8 Å². The van der Waals surface area contributed by atoms with Crippen LogP contribution in [0.2, 0.25) is 0 Å². The summed E-state index contributed by atoms with van der Waals surface area (Å²) >= 11 is 0. The van der Waals surface area contributed by atoms with E-state index in [2.05, 4.69) is 0 Å². The quantitative estimate of drug-likeness (QED) is 0.421. The first kappa shape index (κ1) is 19.6. The highest BCUT2D eigenvalue weighted by Gasteiger charge is 2.30. The molecule has 1 aromatic rings. The molecule has 28 heavy (non-hydrogen) atoms. The lowest BCUT2D eigenvalue weighted by Gasteiger charge is -2.28. The summed E-state index contributed by atoms with van der Waals surface area (Å²) in [7, 11) is 0. The van der Waals surface area contributed by atoms with Crippen molar-refractivity contribution in [3.63, 3.8) is 0 Å². The molecule has 2 aliphatic heterocycles. The zero-order valence-electron chi connectivity index (χ0n) is 15.3. The summed E-state index contributed by atoms with van der Waals surface area (Å²) in [4.78, 5) is 49.7. The van der Waals surface area contributed by atoms with E-state index in [1.165, 1.54) is 18.2 Å². The third kappa shape index (κ3) is 4.56. The van der Waals surface area contributed by atoms with Gasteiger partial charge in [0.05, 0.1) is 10.6 Å². The monoisotopic (exact) mass is 391 g/mol. The minimum absolute atomic E-state index is 0.126. The van der Waals surface area contributed by atoms with E-state index in [4.69, 9.17) is 9.47 Å². The average molecular weight is 391 g/mol. The Morgan fingerprint density at radius 1 is 1.18 bits per heavy atom. The lowest BCUT2D eigenvalue weighted by atomic mass is 10.2. The number of hydrogen-bond donors (Lipinski definition) is 0. The molecule has 0 spiro atoms. The number of nitro benzene ring substituents is 1. The summed E-state index contributed by atoms with van der Waals surface area (Å²) in [6, 6.07) is 3.80. The Bertz CT molecular complexity index is 787. The van der Waals surface area contributed by atoms with Gasteiger partial charge in [0.15, 0.2) is 13.2 Å². The summed E-state index contributed by atoms with van der Waals surface area (Å²) < 4.78 is 10.3. The van der Waals surface area contributed by atoms with E-state index in [0.717, 1.165) is 30.6 Å². The van der Waals surface area contributed by atoms with Gasteiger partial charge < -0.3 is 14.4 Å². The Morgan fingerprint density at radius 2 is 1.89 bits per heavy atom. The molecule has 10 nitrogen and oxygen atoms in total. The third-order valence-corrected chi connectivity index (χ3v) is 4.70. The molecule has 0 aliphatic carbocycles. The van der Waals surface area contributed by atoms with Crippen LogP contribution in [-0.2, 0) is 19.1 Å². The van der Waals surface area contributed by atoms with Crippen LogP contribution in [0.5, 0.6) is 5.75 Å². The number of carbonyl (C=O) groups excluding carboxylic acids is 3. The van der Waals surface area contributed by atoms with Crippen LogP contribution < -0.4 is 9.64 Å². The first-order valence-electron chi connectivity index (χ1n) is 9.10. The van der Waals surface area contributed by atoms with Crippen LogP contribution in [0.3, 0.4) is 0 Å². The van der Waals surface area contributed by atoms with E-state index in [0.29, 0.717) is 13.1 Å². The van der Waals surface area contributed by atoms with Gasteiger partial charge in [0, 0.05) is 25.2 Å². The van der Waals surface area contributed by atoms with Crippen molar-refractivity contribution in [2.24, 2.45) is 0 Å². The molecule has 0 unspecified atom stereocenters. The second-order valence-electron chi connectivity index (χ2n) is 6.63. The summed E-state index contributed by atoms with van der Waals surface area (Å²) in [5.74, 6) is -1.29. The molecule has 3 rings (SSSR count). The van der Waals surface area contributed by atoms with Crippen molar-refractivity contribution in [2.75, 3.05) is 37.7 Å². The van der Waals surface area contributed by atoms with Gasteiger partial charge in [-0.3, -0.25) is 29.4 Å². The molecule has 0 bridgehead atoms. The fourth-order valence-corrected chi connectivity index (χ4v) is 3.21. The van der Waals surface area contributed by atoms with E-state index in [9.17, 15) is 24.5 Å². The highest BCUT2D eigenvalue weighted by molar-refractivity contribution is 6.01. The Labute approximate surface area is 161 Å². The van der Waals surface area contributed by atoms with E-state index < -0.39 is 23.3 Å². The Kier molecular flexibility index (Phi) is 6.07. The van der Waals surface area contributed by atoms with Crippen molar-refractivity contribution >= 4 is 29.2 Å². The Balaban J connectivity index is 1.62. The van der Waals surface area contributed by atoms with Crippen LogP contribution >= 0.6 is 0 Å². The van der Waals surface area contributed by atoms with Gasteiger partial charge in [-0.05, 0) is 18.9 Å². The normalized spacial score (nSPS) is 16.6. The summed E-state index contributed by atoms with van der Waals surface area (Å²) in [6.45, 7) is 0.165. The number of likely N-dealkylation sites (tertiary alicyclic amines) is 1. The molecule has 2 heterocycles. The molecule has 0 radical (unpaired) electrons. The first-order chi connectivity index (χ1) is 13.5. The summed E-state index contributed by atoms with van der Waals surface area (Å²) in [5.41, 5.74) is -0.104. The number of hydrogen-bond acceptors (Lipinski definition) is 7. The average Bonchev–Trinajstić information content (AvgIpc) is 2.97. The standard InChI is InChI=1S/C18H21N3O7/c22-16(19-7-3-1-2-4-8-19)11-28-18(24)10-20-14-9-13(21(25)26)5-6-15(14)27-12-17(20)23/h5-6,9H,1-4,7-8,10-12H2. The summed E-state index contributed by atoms with van der Waals surface area (Å²) in [6.07, 6.45) is 4.01. The van der Waals surface area contributed by atoms with E-state index in [1.54, 1.807) is 4.90 Å². The number of ether oxygens (including phenoxy) is 2. The molecule has 0 atom stereocenters.